The quantitative estimate of drug-likeness (QED) is 0.815. The Morgan fingerprint density at radius 1 is 1.23 bits per heavy atom. The van der Waals surface area contributed by atoms with Crippen LogP contribution in [0.1, 0.15) is 66.8 Å². The standard InChI is InChI=1S/C19H26N2O/c1-13(2)19-11-17(20-22-19)18-6-5-9-21(18)12-16-8-7-14(3)15(4)10-16/h7-8,10-11,13,18H,5-6,9,12H2,1-4H3/t18-/m0/s1. The Morgan fingerprint density at radius 2 is 2.05 bits per heavy atom. The number of rotatable bonds is 4. The van der Waals surface area contributed by atoms with Crippen molar-refractivity contribution in [2.24, 2.45) is 0 Å². The Bertz CT molecular complexity index is 645. The minimum Gasteiger partial charge on any atom is -0.361 e. The predicted octanol–water partition coefficient (Wildman–Crippen LogP) is 4.75. The highest BCUT2D eigenvalue weighted by Gasteiger charge is 2.29. The van der Waals surface area contributed by atoms with Gasteiger partial charge >= 0.3 is 0 Å². The van der Waals surface area contributed by atoms with Gasteiger partial charge in [-0.15, -0.1) is 0 Å². The van der Waals surface area contributed by atoms with E-state index < -0.39 is 0 Å². The molecule has 2 aromatic rings. The van der Waals surface area contributed by atoms with E-state index in [9.17, 15) is 0 Å². The van der Waals surface area contributed by atoms with Crippen LogP contribution < -0.4 is 0 Å². The second-order valence-electron chi connectivity index (χ2n) is 6.86. The number of likely N-dealkylation sites (tertiary alicyclic amines) is 1. The van der Waals surface area contributed by atoms with Crippen LogP contribution in [0.25, 0.3) is 0 Å². The minimum absolute atomic E-state index is 0.399. The first-order valence-electron chi connectivity index (χ1n) is 8.31. The zero-order valence-corrected chi connectivity index (χ0v) is 14.1. The number of hydrogen-bond acceptors (Lipinski definition) is 3. The molecule has 0 amide bonds. The molecule has 1 aromatic heterocycles. The van der Waals surface area contributed by atoms with E-state index in [0.29, 0.717) is 12.0 Å². The second-order valence-corrected chi connectivity index (χ2v) is 6.86. The van der Waals surface area contributed by atoms with Crippen LogP contribution in [0.3, 0.4) is 0 Å². The van der Waals surface area contributed by atoms with E-state index in [4.69, 9.17) is 4.52 Å². The lowest BCUT2D eigenvalue weighted by atomic mass is 10.0. The fourth-order valence-electron chi connectivity index (χ4n) is 3.22. The highest BCUT2D eigenvalue weighted by Crippen LogP contribution is 2.33. The maximum atomic E-state index is 5.50. The van der Waals surface area contributed by atoms with Crippen molar-refractivity contribution < 1.29 is 4.52 Å². The molecule has 0 saturated carbocycles. The van der Waals surface area contributed by atoms with Gasteiger partial charge in [-0.1, -0.05) is 37.2 Å². The maximum absolute atomic E-state index is 5.50. The number of aryl methyl sites for hydroxylation is 2. The Balaban J connectivity index is 1.76. The van der Waals surface area contributed by atoms with Gasteiger partial charge in [-0.05, 0) is 49.9 Å². The predicted molar refractivity (Wildman–Crippen MR) is 88.9 cm³/mol. The van der Waals surface area contributed by atoms with Gasteiger partial charge in [0, 0.05) is 18.5 Å². The van der Waals surface area contributed by atoms with Crippen LogP contribution >= 0.6 is 0 Å². The average Bonchev–Trinajstić information content (AvgIpc) is 3.11. The molecule has 0 radical (unpaired) electrons. The molecule has 1 saturated heterocycles. The van der Waals surface area contributed by atoms with Gasteiger partial charge in [-0.25, -0.2) is 0 Å². The molecule has 0 N–H and O–H groups in total. The largest absolute Gasteiger partial charge is 0.361 e. The number of hydrogen-bond donors (Lipinski definition) is 0. The van der Waals surface area contributed by atoms with Gasteiger partial charge in [0.15, 0.2) is 0 Å². The summed E-state index contributed by atoms with van der Waals surface area (Å²) in [7, 11) is 0. The van der Waals surface area contributed by atoms with Crippen LogP contribution in [0.2, 0.25) is 0 Å². The smallest absolute Gasteiger partial charge is 0.139 e. The first kappa shape index (κ1) is 15.3. The van der Waals surface area contributed by atoms with Gasteiger partial charge in [0.25, 0.3) is 0 Å². The third kappa shape index (κ3) is 3.09. The average molecular weight is 298 g/mol. The summed E-state index contributed by atoms with van der Waals surface area (Å²) in [5, 5.41) is 4.33. The summed E-state index contributed by atoms with van der Waals surface area (Å²) in [5.74, 6) is 1.39. The molecule has 1 aliphatic heterocycles. The van der Waals surface area contributed by atoms with Crippen LogP contribution in [0.15, 0.2) is 28.8 Å². The molecule has 22 heavy (non-hydrogen) atoms. The van der Waals surface area contributed by atoms with Crippen LogP contribution in [-0.4, -0.2) is 16.6 Å². The van der Waals surface area contributed by atoms with Crippen LogP contribution in [0.5, 0.6) is 0 Å². The lowest BCUT2D eigenvalue weighted by Gasteiger charge is -2.23. The molecular formula is C19H26N2O. The molecular weight excluding hydrogens is 272 g/mol. The number of nitrogens with zero attached hydrogens (tertiary/aromatic N) is 2. The first-order valence-corrected chi connectivity index (χ1v) is 8.31. The van der Waals surface area contributed by atoms with E-state index in [1.165, 1.54) is 29.5 Å². The maximum Gasteiger partial charge on any atom is 0.139 e. The second kappa shape index (κ2) is 6.25. The van der Waals surface area contributed by atoms with Gasteiger partial charge in [0.2, 0.25) is 0 Å². The summed E-state index contributed by atoms with van der Waals surface area (Å²) in [6, 6.07) is 9.34. The Morgan fingerprint density at radius 3 is 2.73 bits per heavy atom. The minimum atomic E-state index is 0.399. The number of benzene rings is 1. The van der Waals surface area contributed by atoms with Gasteiger partial charge in [-0.3, -0.25) is 4.90 Å². The zero-order chi connectivity index (χ0) is 15.7. The molecule has 0 spiro atoms. The topological polar surface area (TPSA) is 29.3 Å². The molecule has 3 heteroatoms. The lowest BCUT2D eigenvalue weighted by molar-refractivity contribution is 0.236. The van der Waals surface area contributed by atoms with E-state index in [1.807, 2.05) is 0 Å². The summed E-state index contributed by atoms with van der Waals surface area (Å²) in [4.78, 5) is 2.53. The molecule has 0 unspecified atom stereocenters. The highest BCUT2D eigenvalue weighted by molar-refractivity contribution is 5.30. The van der Waals surface area contributed by atoms with E-state index in [0.717, 1.165) is 24.5 Å². The Labute approximate surface area is 133 Å². The van der Waals surface area contributed by atoms with Crippen molar-refractivity contribution in [3.63, 3.8) is 0 Å². The van der Waals surface area contributed by atoms with Crippen molar-refractivity contribution in [1.82, 2.24) is 10.1 Å². The Hall–Kier alpha value is -1.61. The number of aromatic nitrogens is 1. The molecule has 1 aliphatic rings. The Kier molecular flexibility index (Phi) is 4.34. The molecule has 3 rings (SSSR count). The fourth-order valence-corrected chi connectivity index (χ4v) is 3.22. The molecule has 1 aromatic carbocycles. The summed E-state index contributed by atoms with van der Waals surface area (Å²) in [6.07, 6.45) is 2.41. The van der Waals surface area contributed by atoms with Crippen LogP contribution in [0.4, 0.5) is 0 Å². The molecule has 118 valence electrons. The van der Waals surface area contributed by atoms with E-state index in [1.54, 1.807) is 0 Å². The van der Waals surface area contributed by atoms with Crippen molar-refractivity contribution in [2.45, 2.75) is 59.0 Å². The van der Waals surface area contributed by atoms with E-state index in [2.05, 4.69) is 62.0 Å². The molecule has 0 bridgehead atoms. The third-order valence-electron chi connectivity index (χ3n) is 4.78. The van der Waals surface area contributed by atoms with Crippen LogP contribution in [-0.2, 0) is 6.54 Å². The van der Waals surface area contributed by atoms with E-state index in [-0.39, 0.29) is 0 Å². The molecule has 1 atom stereocenters. The first-order chi connectivity index (χ1) is 10.5. The van der Waals surface area contributed by atoms with Crippen molar-refractivity contribution >= 4 is 0 Å². The van der Waals surface area contributed by atoms with Gasteiger partial charge in [-0.2, -0.15) is 0 Å². The van der Waals surface area contributed by atoms with E-state index >= 15 is 0 Å². The van der Waals surface area contributed by atoms with Gasteiger partial charge < -0.3 is 4.52 Å². The highest BCUT2D eigenvalue weighted by atomic mass is 16.5. The summed E-state index contributed by atoms with van der Waals surface area (Å²) in [5.41, 5.74) is 5.23. The van der Waals surface area contributed by atoms with Gasteiger partial charge in [0.05, 0.1) is 6.04 Å². The SMILES string of the molecule is Cc1ccc(CN2CCC[C@H]2c2cc(C(C)C)on2)cc1C. The normalized spacial score (nSPS) is 19.2. The van der Waals surface area contributed by atoms with Crippen LogP contribution in [0, 0.1) is 13.8 Å². The molecule has 3 nitrogen and oxygen atoms in total. The zero-order valence-electron chi connectivity index (χ0n) is 14.1. The summed E-state index contributed by atoms with van der Waals surface area (Å²) >= 11 is 0. The fraction of sp³-hybridized carbons (Fsp3) is 0.526. The third-order valence-corrected chi connectivity index (χ3v) is 4.78. The van der Waals surface area contributed by atoms with Crippen molar-refractivity contribution in [3.8, 4) is 0 Å². The molecule has 2 heterocycles. The van der Waals surface area contributed by atoms with Crippen molar-refractivity contribution in [1.29, 1.82) is 0 Å². The summed E-state index contributed by atoms with van der Waals surface area (Å²) in [6.45, 7) is 10.8. The van der Waals surface area contributed by atoms with Crippen molar-refractivity contribution in [3.05, 3.63) is 52.4 Å². The lowest BCUT2D eigenvalue weighted by Crippen LogP contribution is -2.23. The summed E-state index contributed by atoms with van der Waals surface area (Å²) < 4.78 is 5.50. The monoisotopic (exact) mass is 298 g/mol. The van der Waals surface area contributed by atoms with Gasteiger partial charge in [0.1, 0.15) is 11.5 Å². The molecule has 1 fully saturated rings. The van der Waals surface area contributed by atoms with Crippen molar-refractivity contribution in [2.75, 3.05) is 6.54 Å². The molecule has 0 aliphatic carbocycles.